The van der Waals surface area contributed by atoms with Crippen molar-refractivity contribution in [2.24, 2.45) is 7.05 Å². The molecule has 0 radical (unpaired) electrons. The smallest absolute Gasteiger partial charge is 0.316 e. The Labute approximate surface area is 180 Å². The molecule has 9 heteroatoms. The number of anilines is 2. The highest BCUT2D eigenvalue weighted by molar-refractivity contribution is 7.89. The summed E-state index contributed by atoms with van der Waals surface area (Å²) in [5.74, 6) is 0. The molecule has 4 rings (SSSR count). The number of benzene rings is 2. The number of piperidine rings is 1. The Bertz CT molecular complexity index is 1280. The van der Waals surface area contributed by atoms with Crippen LogP contribution in [0.25, 0.3) is 10.8 Å². The minimum absolute atomic E-state index is 0.146. The molecule has 1 saturated heterocycles. The molecule has 0 atom stereocenters. The topological polar surface area (TPSA) is 101 Å². The SMILES string of the molecule is Cn1cc(NC(=O)Nc2ccc(S(=O)(=O)N3CCCCC3)cc2)c2ccccc2c1=O. The second-order valence-corrected chi connectivity index (χ2v) is 9.51. The molecule has 0 aliphatic carbocycles. The lowest BCUT2D eigenvalue weighted by atomic mass is 10.1. The average molecular weight is 441 g/mol. The highest BCUT2D eigenvalue weighted by Gasteiger charge is 2.25. The molecule has 2 amide bonds. The number of amides is 2. The molecule has 3 aromatic rings. The van der Waals surface area contributed by atoms with E-state index >= 15 is 0 Å². The van der Waals surface area contributed by atoms with E-state index in [1.807, 2.05) is 0 Å². The summed E-state index contributed by atoms with van der Waals surface area (Å²) in [5, 5.41) is 6.61. The van der Waals surface area contributed by atoms with Crippen molar-refractivity contribution in [3.05, 3.63) is 65.1 Å². The van der Waals surface area contributed by atoms with E-state index in [1.165, 1.54) is 21.0 Å². The molecule has 31 heavy (non-hydrogen) atoms. The van der Waals surface area contributed by atoms with Crippen LogP contribution in [0.15, 0.2) is 64.4 Å². The Morgan fingerprint density at radius 1 is 0.903 bits per heavy atom. The number of urea groups is 1. The van der Waals surface area contributed by atoms with Crippen LogP contribution in [-0.4, -0.2) is 36.4 Å². The van der Waals surface area contributed by atoms with Gasteiger partial charge in [0, 0.05) is 42.8 Å². The van der Waals surface area contributed by atoms with Gasteiger partial charge in [-0.25, -0.2) is 13.2 Å². The fraction of sp³-hybridized carbons (Fsp3) is 0.273. The molecule has 0 unspecified atom stereocenters. The summed E-state index contributed by atoms with van der Waals surface area (Å²) in [6, 6.07) is 12.7. The predicted molar refractivity (Wildman–Crippen MR) is 121 cm³/mol. The Kier molecular flexibility index (Phi) is 5.79. The third-order valence-corrected chi connectivity index (χ3v) is 7.32. The third kappa shape index (κ3) is 4.33. The van der Waals surface area contributed by atoms with E-state index in [0.717, 1.165) is 19.3 Å². The third-order valence-electron chi connectivity index (χ3n) is 5.40. The molecule has 162 valence electrons. The van der Waals surface area contributed by atoms with Crippen molar-refractivity contribution < 1.29 is 13.2 Å². The van der Waals surface area contributed by atoms with Crippen LogP contribution in [0.2, 0.25) is 0 Å². The first-order valence-corrected chi connectivity index (χ1v) is 11.6. The highest BCUT2D eigenvalue weighted by Crippen LogP contribution is 2.23. The number of carbonyl (C=O) groups excluding carboxylic acids is 1. The van der Waals surface area contributed by atoms with E-state index in [-0.39, 0.29) is 10.5 Å². The van der Waals surface area contributed by atoms with Crippen LogP contribution in [0.3, 0.4) is 0 Å². The Morgan fingerprint density at radius 3 is 2.23 bits per heavy atom. The van der Waals surface area contributed by atoms with Crippen molar-refractivity contribution in [1.29, 1.82) is 0 Å². The van der Waals surface area contributed by atoms with Crippen LogP contribution in [0.4, 0.5) is 16.2 Å². The van der Waals surface area contributed by atoms with E-state index in [9.17, 15) is 18.0 Å². The Balaban J connectivity index is 1.49. The molecule has 2 aromatic carbocycles. The number of pyridine rings is 1. The van der Waals surface area contributed by atoms with Crippen molar-refractivity contribution >= 4 is 38.2 Å². The molecule has 2 heterocycles. The molecular weight excluding hydrogens is 416 g/mol. The molecule has 1 fully saturated rings. The number of sulfonamides is 1. The second kappa shape index (κ2) is 8.52. The first-order valence-electron chi connectivity index (χ1n) is 10.1. The van der Waals surface area contributed by atoms with Crippen molar-refractivity contribution in [2.45, 2.75) is 24.2 Å². The van der Waals surface area contributed by atoms with Gasteiger partial charge >= 0.3 is 6.03 Å². The quantitative estimate of drug-likeness (QED) is 0.650. The number of fused-ring (bicyclic) bond motifs is 1. The molecule has 8 nitrogen and oxygen atoms in total. The van der Waals surface area contributed by atoms with Crippen LogP contribution >= 0.6 is 0 Å². The molecule has 0 saturated carbocycles. The number of hydrogen-bond donors (Lipinski definition) is 2. The zero-order chi connectivity index (χ0) is 22.0. The summed E-state index contributed by atoms with van der Waals surface area (Å²) in [6.45, 7) is 1.08. The van der Waals surface area contributed by atoms with Crippen molar-refractivity contribution in [3.8, 4) is 0 Å². The number of carbonyl (C=O) groups is 1. The summed E-state index contributed by atoms with van der Waals surface area (Å²) in [5.41, 5.74) is 0.816. The summed E-state index contributed by atoms with van der Waals surface area (Å²) in [4.78, 5) is 25.0. The highest BCUT2D eigenvalue weighted by atomic mass is 32.2. The van der Waals surface area contributed by atoms with Gasteiger partial charge in [-0.3, -0.25) is 4.79 Å². The van der Waals surface area contributed by atoms with Gasteiger partial charge in [0.05, 0.1) is 10.6 Å². The number of hydrogen-bond acceptors (Lipinski definition) is 4. The van der Waals surface area contributed by atoms with Crippen LogP contribution < -0.4 is 16.2 Å². The molecule has 1 aliphatic rings. The molecule has 0 bridgehead atoms. The lowest BCUT2D eigenvalue weighted by Gasteiger charge is -2.25. The van der Waals surface area contributed by atoms with Crippen LogP contribution in [-0.2, 0) is 17.1 Å². The van der Waals surface area contributed by atoms with Gasteiger partial charge in [-0.05, 0) is 43.2 Å². The minimum Gasteiger partial charge on any atom is -0.316 e. The predicted octanol–water partition coefficient (Wildman–Crippen LogP) is 3.36. The Morgan fingerprint density at radius 2 is 1.55 bits per heavy atom. The zero-order valence-corrected chi connectivity index (χ0v) is 18.0. The van der Waals surface area contributed by atoms with E-state index in [2.05, 4.69) is 10.6 Å². The fourth-order valence-electron chi connectivity index (χ4n) is 3.77. The first kappa shape index (κ1) is 21.1. The maximum Gasteiger partial charge on any atom is 0.323 e. The fourth-order valence-corrected chi connectivity index (χ4v) is 5.28. The number of aromatic nitrogens is 1. The average Bonchev–Trinajstić information content (AvgIpc) is 2.78. The molecule has 0 spiro atoms. The van der Waals surface area contributed by atoms with Gasteiger partial charge in [0.2, 0.25) is 10.0 Å². The van der Waals surface area contributed by atoms with Crippen LogP contribution in [0.1, 0.15) is 19.3 Å². The van der Waals surface area contributed by atoms with Gasteiger partial charge in [-0.1, -0.05) is 24.6 Å². The standard InChI is InChI=1S/C22H24N4O4S/c1-25-15-20(18-7-3-4-8-19(18)21(25)27)24-22(28)23-16-9-11-17(12-10-16)31(29,30)26-13-5-2-6-14-26/h3-4,7-12,15H,2,5-6,13-14H2,1H3,(H2,23,24,28). The van der Waals surface area contributed by atoms with Crippen LogP contribution in [0.5, 0.6) is 0 Å². The Hall–Kier alpha value is -3.17. The largest absolute Gasteiger partial charge is 0.323 e. The summed E-state index contributed by atoms with van der Waals surface area (Å²) in [6.07, 6.45) is 4.37. The van der Waals surface area contributed by atoms with Crippen molar-refractivity contribution in [1.82, 2.24) is 8.87 Å². The van der Waals surface area contributed by atoms with E-state index in [0.29, 0.717) is 35.2 Å². The molecule has 1 aromatic heterocycles. The molecule has 2 N–H and O–H groups in total. The molecular formula is C22H24N4O4S. The normalized spacial score (nSPS) is 15.0. The van der Waals surface area contributed by atoms with E-state index < -0.39 is 16.1 Å². The maximum absolute atomic E-state index is 12.7. The van der Waals surface area contributed by atoms with Gasteiger partial charge < -0.3 is 15.2 Å². The second-order valence-electron chi connectivity index (χ2n) is 7.57. The van der Waals surface area contributed by atoms with Gasteiger partial charge in [0.25, 0.3) is 5.56 Å². The zero-order valence-electron chi connectivity index (χ0n) is 17.2. The molecule has 1 aliphatic heterocycles. The summed E-state index contributed by atoms with van der Waals surface area (Å²) >= 11 is 0. The number of nitrogens with zero attached hydrogens (tertiary/aromatic N) is 2. The maximum atomic E-state index is 12.7. The van der Waals surface area contributed by atoms with Crippen molar-refractivity contribution in [3.63, 3.8) is 0 Å². The minimum atomic E-state index is -3.52. The summed E-state index contributed by atoms with van der Waals surface area (Å²) < 4.78 is 28.4. The van der Waals surface area contributed by atoms with Gasteiger partial charge in [-0.15, -0.1) is 0 Å². The van der Waals surface area contributed by atoms with Gasteiger partial charge in [0.1, 0.15) is 0 Å². The number of nitrogens with one attached hydrogen (secondary N) is 2. The lowest BCUT2D eigenvalue weighted by Crippen LogP contribution is -2.35. The number of rotatable bonds is 4. The summed E-state index contributed by atoms with van der Waals surface area (Å²) in [7, 11) is -1.89. The number of aryl methyl sites for hydroxylation is 1. The van der Waals surface area contributed by atoms with E-state index in [1.54, 1.807) is 49.6 Å². The first-order chi connectivity index (χ1) is 14.9. The monoisotopic (exact) mass is 440 g/mol. The van der Waals surface area contributed by atoms with Crippen molar-refractivity contribution in [2.75, 3.05) is 23.7 Å². The van der Waals surface area contributed by atoms with Gasteiger partial charge in [0.15, 0.2) is 0 Å². The van der Waals surface area contributed by atoms with E-state index in [4.69, 9.17) is 0 Å². The lowest BCUT2D eigenvalue weighted by molar-refractivity contribution is 0.262. The van der Waals surface area contributed by atoms with Gasteiger partial charge in [-0.2, -0.15) is 4.31 Å². The van der Waals surface area contributed by atoms with Crippen LogP contribution in [0, 0.1) is 0 Å².